The lowest BCUT2D eigenvalue weighted by Gasteiger charge is -2.15. The molecule has 0 aliphatic rings. The van der Waals surface area contributed by atoms with Gasteiger partial charge in [-0.05, 0) is 34.9 Å². The Bertz CT molecular complexity index is 1460. The monoisotopic (exact) mass is 557 g/mol. The van der Waals surface area contributed by atoms with Gasteiger partial charge in [0.15, 0.2) is 17.5 Å². The summed E-state index contributed by atoms with van der Waals surface area (Å²) in [6.45, 7) is 0.310. The minimum Gasteiger partial charge on any atom is -0.493 e. The molecular formula is C30H31N5O4S. The van der Waals surface area contributed by atoms with Gasteiger partial charge in [0, 0.05) is 30.1 Å². The number of carbonyl (C=O) groups excluding carboxylic acids is 2. The Kier molecular flexibility index (Phi) is 9.84. The van der Waals surface area contributed by atoms with Crippen LogP contribution in [0.1, 0.15) is 16.7 Å². The Morgan fingerprint density at radius 2 is 1.73 bits per heavy atom. The van der Waals surface area contributed by atoms with Crippen LogP contribution in [0.4, 0.5) is 0 Å². The third-order valence-corrected chi connectivity index (χ3v) is 6.84. The van der Waals surface area contributed by atoms with Crippen molar-refractivity contribution >= 4 is 29.1 Å². The summed E-state index contributed by atoms with van der Waals surface area (Å²) in [4.78, 5) is 34.7. The fourth-order valence-corrected chi connectivity index (χ4v) is 4.72. The summed E-state index contributed by atoms with van der Waals surface area (Å²) in [7, 11) is 3.07. The van der Waals surface area contributed by atoms with Crippen LogP contribution in [0, 0.1) is 0 Å². The van der Waals surface area contributed by atoms with Crippen LogP contribution in [0.15, 0.2) is 89.4 Å². The van der Waals surface area contributed by atoms with E-state index in [1.54, 1.807) is 42.8 Å². The molecule has 0 saturated carbocycles. The van der Waals surface area contributed by atoms with E-state index in [2.05, 4.69) is 20.6 Å². The Labute approximate surface area is 237 Å². The van der Waals surface area contributed by atoms with E-state index < -0.39 is 6.04 Å². The molecule has 0 bridgehead atoms. The molecule has 0 aliphatic heterocycles. The highest BCUT2D eigenvalue weighted by atomic mass is 32.1. The van der Waals surface area contributed by atoms with Crippen molar-refractivity contribution in [3.05, 3.63) is 101 Å². The van der Waals surface area contributed by atoms with Crippen molar-refractivity contribution in [2.75, 3.05) is 14.2 Å². The zero-order valence-electron chi connectivity index (χ0n) is 22.3. The third kappa shape index (κ3) is 7.90. The molecule has 3 aromatic carbocycles. The molecule has 1 heterocycles. The lowest BCUT2D eigenvalue weighted by atomic mass is 10.1. The standard InChI is InChI=1S/C30H31N5O4S/c1-38-25-12-11-21(17-26(25)39-2)18-27(36)35-30(31)34-24(16-20-7-4-3-5-8-20)28(37)33-19-22-9-6-10-23(15-22)29-32-13-14-40-29/h3-15,17,24H,16,18-19H2,1-2H3,(H,33,37)(H3,31,34,35,36). The van der Waals surface area contributed by atoms with Gasteiger partial charge >= 0.3 is 0 Å². The highest BCUT2D eigenvalue weighted by Crippen LogP contribution is 2.27. The zero-order chi connectivity index (χ0) is 28.3. The lowest BCUT2D eigenvalue weighted by molar-refractivity contribution is -0.122. The molecule has 0 saturated heterocycles. The Balaban J connectivity index is 1.43. The molecule has 0 aliphatic carbocycles. The Morgan fingerprint density at radius 1 is 0.950 bits per heavy atom. The number of ether oxygens (including phenoxy) is 2. The van der Waals surface area contributed by atoms with Gasteiger partial charge in [-0.2, -0.15) is 0 Å². The number of nitrogens with one attached hydrogen (secondary N) is 2. The minimum atomic E-state index is -0.842. The van der Waals surface area contributed by atoms with Crippen molar-refractivity contribution in [3.63, 3.8) is 0 Å². The van der Waals surface area contributed by atoms with E-state index in [1.165, 1.54) is 7.11 Å². The molecule has 0 fully saturated rings. The molecule has 0 radical (unpaired) electrons. The molecule has 1 unspecified atom stereocenters. The molecule has 1 atom stereocenters. The number of aliphatic imine (C=N–C) groups is 1. The van der Waals surface area contributed by atoms with Crippen molar-refractivity contribution in [1.82, 2.24) is 15.6 Å². The number of aromatic nitrogens is 1. The minimum absolute atomic E-state index is 0.0432. The predicted molar refractivity (Wildman–Crippen MR) is 156 cm³/mol. The number of carbonyl (C=O) groups is 2. The molecule has 206 valence electrons. The maximum Gasteiger partial charge on any atom is 0.245 e. The van der Waals surface area contributed by atoms with Crippen molar-refractivity contribution in [2.45, 2.75) is 25.4 Å². The van der Waals surface area contributed by atoms with Gasteiger partial charge in [0.2, 0.25) is 11.8 Å². The highest BCUT2D eigenvalue weighted by molar-refractivity contribution is 7.13. The predicted octanol–water partition coefficient (Wildman–Crippen LogP) is 3.73. The number of thiazole rings is 1. The molecule has 9 nitrogen and oxygen atoms in total. The maximum atomic E-state index is 13.3. The van der Waals surface area contributed by atoms with E-state index in [-0.39, 0.29) is 24.2 Å². The molecule has 0 spiro atoms. The summed E-state index contributed by atoms with van der Waals surface area (Å²) in [6, 6.07) is 21.8. The fourth-order valence-electron chi connectivity index (χ4n) is 4.08. The fraction of sp³-hybridized carbons (Fsp3) is 0.200. The second kappa shape index (κ2) is 13.9. The molecule has 4 N–H and O–H groups in total. The summed E-state index contributed by atoms with van der Waals surface area (Å²) >= 11 is 1.55. The third-order valence-electron chi connectivity index (χ3n) is 6.02. The first-order chi connectivity index (χ1) is 19.4. The SMILES string of the molecule is COc1ccc(CC(=O)NC(N)=NC(Cc2ccccc2)C(=O)NCc2cccc(-c3nccs3)c2)cc1OC. The number of nitrogens with zero attached hydrogens (tertiary/aromatic N) is 2. The second-order valence-corrected chi connectivity index (χ2v) is 9.78. The maximum absolute atomic E-state index is 13.3. The molecule has 4 aromatic rings. The van der Waals surface area contributed by atoms with Crippen LogP contribution in [0.2, 0.25) is 0 Å². The topological polar surface area (TPSA) is 128 Å². The molecule has 2 amide bonds. The lowest BCUT2D eigenvalue weighted by Crippen LogP contribution is -2.42. The van der Waals surface area contributed by atoms with Gasteiger partial charge in [-0.3, -0.25) is 14.9 Å². The van der Waals surface area contributed by atoms with E-state index in [0.717, 1.165) is 21.7 Å². The number of rotatable bonds is 11. The number of benzene rings is 3. The molecule has 4 rings (SSSR count). The molecule has 10 heteroatoms. The van der Waals surface area contributed by atoms with Gasteiger partial charge < -0.3 is 20.5 Å². The molecule has 40 heavy (non-hydrogen) atoms. The van der Waals surface area contributed by atoms with Crippen LogP contribution >= 0.6 is 11.3 Å². The molecular weight excluding hydrogens is 526 g/mol. The van der Waals surface area contributed by atoms with Gasteiger partial charge in [0.1, 0.15) is 11.0 Å². The van der Waals surface area contributed by atoms with Gasteiger partial charge in [-0.15, -0.1) is 11.3 Å². The van der Waals surface area contributed by atoms with E-state index in [0.29, 0.717) is 30.0 Å². The van der Waals surface area contributed by atoms with Gasteiger partial charge in [-0.1, -0.05) is 54.6 Å². The van der Waals surface area contributed by atoms with Crippen molar-refractivity contribution in [2.24, 2.45) is 10.7 Å². The zero-order valence-corrected chi connectivity index (χ0v) is 23.1. The first kappa shape index (κ1) is 28.3. The van der Waals surface area contributed by atoms with Crippen molar-refractivity contribution in [1.29, 1.82) is 0 Å². The summed E-state index contributed by atoms with van der Waals surface area (Å²) in [6.07, 6.45) is 2.12. The first-order valence-corrected chi connectivity index (χ1v) is 13.5. The van der Waals surface area contributed by atoms with Crippen LogP contribution < -0.4 is 25.8 Å². The van der Waals surface area contributed by atoms with Crippen LogP contribution in [0.25, 0.3) is 10.6 Å². The van der Waals surface area contributed by atoms with Crippen LogP contribution in [0.3, 0.4) is 0 Å². The van der Waals surface area contributed by atoms with E-state index >= 15 is 0 Å². The normalized spacial score (nSPS) is 11.9. The average Bonchev–Trinajstić information content (AvgIpc) is 3.51. The number of nitrogens with two attached hydrogens (primary N) is 1. The van der Waals surface area contributed by atoms with Crippen LogP contribution in [-0.4, -0.2) is 43.0 Å². The summed E-state index contributed by atoms with van der Waals surface area (Å²) < 4.78 is 10.5. The number of amides is 2. The van der Waals surface area contributed by atoms with Crippen molar-refractivity contribution < 1.29 is 19.1 Å². The number of hydrogen-bond donors (Lipinski definition) is 3. The largest absolute Gasteiger partial charge is 0.493 e. The number of methoxy groups -OCH3 is 2. The Morgan fingerprint density at radius 3 is 2.45 bits per heavy atom. The number of guanidine groups is 1. The van der Waals surface area contributed by atoms with Gasteiger partial charge in [0.05, 0.1) is 20.6 Å². The van der Waals surface area contributed by atoms with Crippen LogP contribution in [-0.2, 0) is 29.0 Å². The van der Waals surface area contributed by atoms with E-state index in [9.17, 15) is 9.59 Å². The van der Waals surface area contributed by atoms with Gasteiger partial charge in [0.25, 0.3) is 0 Å². The smallest absolute Gasteiger partial charge is 0.245 e. The summed E-state index contributed by atoms with van der Waals surface area (Å²) in [5, 5.41) is 8.39. The average molecular weight is 558 g/mol. The quantitative estimate of drug-likeness (QED) is 0.191. The first-order valence-electron chi connectivity index (χ1n) is 12.6. The highest BCUT2D eigenvalue weighted by Gasteiger charge is 2.20. The summed E-state index contributed by atoms with van der Waals surface area (Å²) in [5.74, 6) is 0.280. The number of hydrogen-bond acceptors (Lipinski definition) is 7. The Hall–Kier alpha value is -4.70. The second-order valence-electron chi connectivity index (χ2n) is 8.89. The summed E-state index contributed by atoms with van der Waals surface area (Å²) in [5.41, 5.74) is 9.64. The van der Waals surface area contributed by atoms with Crippen LogP contribution in [0.5, 0.6) is 11.5 Å². The van der Waals surface area contributed by atoms with E-state index in [4.69, 9.17) is 15.2 Å². The van der Waals surface area contributed by atoms with Gasteiger partial charge in [-0.25, -0.2) is 9.98 Å². The van der Waals surface area contributed by atoms with Crippen molar-refractivity contribution in [3.8, 4) is 22.1 Å². The molecule has 1 aromatic heterocycles. The van der Waals surface area contributed by atoms with E-state index in [1.807, 2.05) is 60.0 Å².